The number of nitrogens with one attached hydrogen (secondary N) is 1. The molecule has 1 N–H and O–H groups in total. The van der Waals surface area contributed by atoms with E-state index >= 15 is 0 Å². The molecule has 0 radical (unpaired) electrons. The first kappa shape index (κ1) is 35.4. The zero-order chi connectivity index (χ0) is 38.1. The van der Waals surface area contributed by atoms with E-state index in [9.17, 15) is 9.59 Å². The van der Waals surface area contributed by atoms with Gasteiger partial charge in [0.2, 0.25) is 5.95 Å². The number of fused-ring (bicyclic) bond motifs is 2. The van der Waals surface area contributed by atoms with E-state index in [1.165, 1.54) is 12.1 Å². The van der Waals surface area contributed by atoms with E-state index in [1.807, 2.05) is 54.6 Å². The van der Waals surface area contributed by atoms with Crippen LogP contribution in [0.25, 0.3) is 21.9 Å². The summed E-state index contributed by atoms with van der Waals surface area (Å²) < 4.78 is 37.2. The van der Waals surface area contributed by atoms with Gasteiger partial charge in [0, 0.05) is 6.54 Å². The minimum Gasteiger partial charge on any atom is -0.491 e. The maximum Gasteiger partial charge on any atom is 0.339 e. The largest absolute Gasteiger partial charge is 0.491 e. The first-order valence-corrected chi connectivity index (χ1v) is 17.4. The molecule has 0 aliphatic rings. The molecule has 0 saturated heterocycles. The van der Waals surface area contributed by atoms with Gasteiger partial charge >= 0.3 is 23.3 Å². The quantitative estimate of drug-likeness (QED) is 0.129. The maximum atomic E-state index is 11.9. The van der Waals surface area contributed by atoms with Crippen molar-refractivity contribution in [3.8, 4) is 23.5 Å². The van der Waals surface area contributed by atoms with Crippen LogP contribution in [0.3, 0.4) is 0 Å². The number of para-hydroxylation sites is 2. The van der Waals surface area contributed by atoms with Crippen molar-refractivity contribution in [3.63, 3.8) is 0 Å². The molecule has 0 saturated carbocycles. The Hall–Kier alpha value is -7.63. The molecule has 0 amide bonds. The molecule has 18 heteroatoms. The second-order valence-electron chi connectivity index (χ2n) is 12.1. The van der Waals surface area contributed by atoms with Crippen LogP contribution >= 0.6 is 0 Å². The van der Waals surface area contributed by atoms with Gasteiger partial charge in [0.05, 0.1) is 48.4 Å². The zero-order valence-corrected chi connectivity index (χ0v) is 29.6. The van der Waals surface area contributed by atoms with Gasteiger partial charge in [-0.25, -0.2) is 19.0 Å². The minimum atomic E-state index is -0.494. The molecule has 0 fully saturated rings. The average molecular weight is 757 g/mol. The van der Waals surface area contributed by atoms with Crippen molar-refractivity contribution in [2.75, 3.05) is 18.5 Å². The topological polar surface area (TPSA) is 209 Å². The Kier molecular flexibility index (Phi) is 10.5. The summed E-state index contributed by atoms with van der Waals surface area (Å²) in [7, 11) is 0. The fraction of sp³-hybridized carbons (Fsp3) is 0.184. The SMILES string of the molecule is O=c1cc(OCCn2cc(COc3nc(NCc4ccccc4)nc(OCc4cn(CCOc5cc(=O)oc6ccccc56)nn4)n3)nn2)c2ccccc2o1. The van der Waals surface area contributed by atoms with Crippen LogP contribution in [0.4, 0.5) is 5.95 Å². The molecule has 0 atom stereocenters. The summed E-state index contributed by atoms with van der Waals surface area (Å²) in [5.41, 5.74) is 1.96. The van der Waals surface area contributed by atoms with E-state index < -0.39 is 11.3 Å². The van der Waals surface area contributed by atoms with Crippen LogP contribution in [0.15, 0.2) is 122 Å². The van der Waals surface area contributed by atoms with E-state index in [1.54, 1.807) is 46.0 Å². The van der Waals surface area contributed by atoms with Crippen molar-refractivity contribution in [2.24, 2.45) is 0 Å². The summed E-state index contributed by atoms with van der Waals surface area (Å²) in [6.07, 6.45) is 3.42. The molecule has 5 heterocycles. The van der Waals surface area contributed by atoms with Crippen LogP contribution in [0.2, 0.25) is 0 Å². The Bertz CT molecular complexity index is 2540. The Morgan fingerprint density at radius 3 is 1.62 bits per heavy atom. The summed E-state index contributed by atoms with van der Waals surface area (Å²) in [4.78, 5) is 37.1. The molecule has 0 aliphatic heterocycles. The van der Waals surface area contributed by atoms with Gasteiger partial charge in [0.15, 0.2) is 0 Å². The second kappa shape index (κ2) is 16.6. The fourth-order valence-electron chi connectivity index (χ4n) is 5.53. The van der Waals surface area contributed by atoms with Crippen LogP contribution in [-0.4, -0.2) is 58.2 Å². The Morgan fingerprint density at radius 1 is 0.589 bits per heavy atom. The van der Waals surface area contributed by atoms with Crippen LogP contribution < -0.4 is 35.5 Å². The highest BCUT2D eigenvalue weighted by Gasteiger charge is 2.13. The van der Waals surface area contributed by atoms with E-state index in [2.05, 4.69) is 40.9 Å². The summed E-state index contributed by atoms with van der Waals surface area (Å²) in [6, 6.07) is 26.7. The fourth-order valence-corrected chi connectivity index (χ4v) is 5.53. The molecule has 56 heavy (non-hydrogen) atoms. The molecule has 0 aliphatic carbocycles. The van der Waals surface area contributed by atoms with Crippen molar-refractivity contribution in [3.05, 3.63) is 141 Å². The first-order valence-electron chi connectivity index (χ1n) is 17.4. The lowest BCUT2D eigenvalue weighted by Gasteiger charge is -2.10. The molecule has 8 aromatic rings. The number of ether oxygens (including phenoxy) is 4. The molecule has 8 rings (SSSR count). The van der Waals surface area contributed by atoms with Gasteiger partial charge in [0.25, 0.3) is 0 Å². The number of anilines is 1. The number of benzene rings is 3. The van der Waals surface area contributed by atoms with E-state index in [-0.39, 0.29) is 44.4 Å². The molecule has 3 aromatic carbocycles. The van der Waals surface area contributed by atoms with Crippen molar-refractivity contribution in [1.82, 2.24) is 44.9 Å². The highest BCUT2D eigenvalue weighted by molar-refractivity contribution is 5.83. The smallest absolute Gasteiger partial charge is 0.339 e. The number of nitrogens with zero attached hydrogens (tertiary/aromatic N) is 9. The number of aromatic nitrogens is 9. The molecular formula is C38H32N10O8. The third kappa shape index (κ3) is 8.93. The standard InChI is InChI=1S/C38H32N10O8/c49-34-18-32(28-10-4-6-12-30(28)55-34)51-16-14-47-21-26(43-45-47)23-53-37-40-36(39-20-25-8-2-1-3-9-25)41-38(42-37)54-24-27-22-48(46-44-27)15-17-52-33-19-35(50)56-31-13-7-5-11-29(31)33/h1-13,18-19,21-22H,14-17,20,23-24H2,(H,39,40,41,42). The molecule has 0 spiro atoms. The number of rotatable bonds is 17. The lowest BCUT2D eigenvalue weighted by atomic mass is 10.2. The lowest BCUT2D eigenvalue weighted by Crippen LogP contribution is -2.10. The Labute approximate surface area is 316 Å². The van der Waals surface area contributed by atoms with Crippen molar-refractivity contribution >= 4 is 27.9 Å². The monoisotopic (exact) mass is 756 g/mol. The highest BCUT2D eigenvalue weighted by atomic mass is 16.5. The van der Waals surface area contributed by atoms with Gasteiger partial charge in [-0.15, -0.1) is 15.2 Å². The summed E-state index contributed by atoms with van der Waals surface area (Å²) in [5.74, 6) is 1.09. The van der Waals surface area contributed by atoms with Crippen LogP contribution in [-0.2, 0) is 32.8 Å². The van der Waals surface area contributed by atoms with E-state index in [0.29, 0.717) is 64.5 Å². The molecule has 5 aromatic heterocycles. The molecular weight excluding hydrogens is 724 g/mol. The number of hydrogen-bond donors (Lipinski definition) is 1. The normalized spacial score (nSPS) is 11.1. The third-order valence-electron chi connectivity index (χ3n) is 8.14. The Balaban J connectivity index is 0.876. The van der Waals surface area contributed by atoms with Crippen LogP contribution in [0.1, 0.15) is 17.0 Å². The van der Waals surface area contributed by atoms with Crippen LogP contribution in [0, 0.1) is 0 Å². The number of hydrogen-bond acceptors (Lipinski definition) is 16. The van der Waals surface area contributed by atoms with E-state index in [0.717, 1.165) is 5.56 Å². The van der Waals surface area contributed by atoms with Crippen LogP contribution in [0.5, 0.6) is 23.5 Å². The van der Waals surface area contributed by atoms with Crippen molar-refractivity contribution < 1.29 is 27.8 Å². The van der Waals surface area contributed by atoms with Crippen molar-refractivity contribution in [1.29, 1.82) is 0 Å². The third-order valence-corrected chi connectivity index (χ3v) is 8.14. The van der Waals surface area contributed by atoms with Gasteiger partial charge < -0.3 is 33.1 Å². The van der Waals surface area contributed by atoms with Crippen molar-refractivity contribution in [2.45, 2.75) is 32.8 Å². The highest BCUT2D eigenvalue weighted by Crippen LogP contribution is 2.24. The molecule has 0 unspecified atom stereocenters. The van der Waals surface area contributed by atoms with Gasteiger partial charge in [-0.2, -0.15) is 9.97 Å². The Morgan fingerprint density at radius 2 is 1.09 bits per heavy atom. The zero-order valence-electron chi connectivity index (χ0n) is 29.6. The lowest BCUT2D eigenvalue weighted by molar-refractivity contribution is 0.246. The molecule has 18 nitrogen and oxygen atoms in total. The maximum absolute atomic E-state index is 11.9. The second-order valence-corrected chi connectivity index (χ2v) is 12.1. The van der Waals surface area contributed by atoms with Gasteiger partial charge in [0.1, 0.15) is 60.5 Å². The predicted molar refractivity (Wildman–Crippen MR) is 198 cm³/mol. The summed E-state index contributed by atoms with van der Waals surface area (Å²) in [5, 5.41) is 21.2. The van der Waals surface area contributed by atoms with Gasteiger partial charge in [-0.05, 0) is 29.8 Å². The minimum absolute atomic E-state index is 0.00140. The van der Waals surface area contributed by atoms with Gasteiger partial charge in [-0.3, -0.25) is 0 Å². The summed E-state index contributed by atoms with van der Waals surface area (Å²) >= 11 is 0. The first-order chi connectivity index (χ1) is 27.5. The molecule has 0 bridgehead atoms. The predicted octanol–water partition coefficient (Wildman–Crippen LogP) is 4.20. The molecule has 282 valence electrons. The average Bonchev–Trinajstić information content (AvgIpc) is 3.88. The van der Waals surface area contributed by atoms with E-state index in [4.69, 9.17) is 27.8 Å². The summed E-state index contributed by atoms with van der Waals surface area (Å²) in [6.45, 7) is 1.64. The van der Waals surface area contributed by atoms with Gasteiger partial charge in [-0.1, -0.05) is 65.0 Å².